The number of guanidine groups is 1. The molecule has 2 N–H and O–H groups in total. The van der Waals surface area contributed by atoms with Crippen LogP contribution in [-0.4, -0.2) is 69.6 Å². The number of ether oxygens (including phenoxy) is 3. The smallest absolute Gasteiger partial charge is 0.191 e. The fraction of sp³-hybridized carbons (Fsp3) is 0.900. The van der Waals surface area contributed by atoms with Crippen molar-refractivity contribution in [2.24, 2.45) is 10.7 Å². The molecule has 2 saturated heterocycles. The summed E-state index contributed by atoms with van der Waals surface area (Å²) in [5.74, 6) is 0.581. The molecule has 0 aromatic rings. The first-order chi connectivity index (χ1) is 7.86. The molecule has 7 heteroatoms. The van der Waals surface area contributed by atoms with E-state index in [-0.39, 0.29) is 30.1 Å². The molecular weight excluding hydrogens is 337 g/mol. The zero-order chi connectivity index (χ0) is 11.2. The number of nitrogens with two attached hydrogens (primary N) is 1. The SMILES string of the molecule is I.NC(=NCC1COCCO1)N1CCOCC1. The average Bonchev–Trinajstić information content (AvgIpc) is 2.38. The monoisotopic (exact) mass is 357 g/mol. The maximum Gasteiger partial charge on any atom is 0.191 e. The van der Waals surface area contributed by atoms with E-state index >= 15 is 0 Å². The highest BCUT2D eigenvalue weighted by Crippen LogP contribution is 2.02. The number of hydrogen-bond acceptors (Lipinski definition) is 4. The predicted octanol–water partition coefficient (Wildman–Crippen LogP) is -0.333. The molecule has 0 radical (unpaired) electrons. The molecule has 2 aliphatic heterocycles. The van der Waals surface area contributed by atoms with Crippen LogP contribution in [0, 0.1) is 0 Å². The molecule has 0 spiro atoms. The van der Waals surface area contributed by atoms with E-state index in [4.69, 9.17) is 19.9 Å². The van der Waals surface area contributed by atoms with E-state index < -0.39 is 0 Å². The Morgan fingerprint density at radius 1 is 1.18 bits per heavy atom. The zero-order valence-electron chi connectivity index (χ0n) is 9.84. The summed E-state index contributed by atoms with van der Waals surface area (Å²) in [6.45, 7) is 5.59. The fourth-order valence-corrected chi connectivity index (χ4v) is 1.73. The van der Waals surface area contributed by atoms with Crippen LogP contribution >= 0.6 is 24.0 Å². The second kappa shape index (κ2) is 8.06. The maximum atomic E-state index is 5.89. The molecule has 17 heavy (non-hydrogen) atoms. The molecule has 0 bridgehead atoms. The van der Waals surface area contributed by atoms with Crippen LogP contribution in [0.15, 0.2) is 4.99 Å². The Kier molecular flexibility index (Phi) is 7.09. The van der Waals surface area contributed by atoms with E-state index in [9.17, 15) is 0 Å². The summed E-state index contributed by atoms with van der Waals surface area (Å²) in [4.78, 5) is 6.37. The van der Waals surface area contributed by atoms with Crippen LogP contribution in [0.2, 0.25) is 0 Å². The van der Waals surface area contributed by atoms with Crippen LogP contribution < -0.4 is 5.73 Å². The van der Waals surface area contributed by atoms with Gasteiger partial charge in [-0.15, -0.1) is 24.0 Å². The van der Waals surface area contributed by atoms with E-state index in [0.717, 1.165) is 26.3 Å². The first-order valence-electron chi connectivity index (χ1n) is 5.68. The summed E-state index contributed by atoms with van der Waals surface area (Å²) in [5.41, 5.74) is 5.89. The Labute approximate surface area is 118 Å². The molecule has 0 aromatic carbocycles. The minimum absolute atomic E-state index is 0. The van der Waals surface area contributed by atoms with Crippen molar-refractivity contribution in [1.29, 1.82) is 0 Å². The standard InChI is InChI=1S/C10H19N3O3.HI/c11-10(13-1-3-14-4-2-13)12-7-9-8-15-5-6-16-9;/h9H,1-8H2,(H2,11,12);1H. The van der Waals surface area contributed by atoms with Gasteiger partial charge < -0.3 is 24.8 Å². The van der Waals surface area contributed by atoms with Crippen molar-refractivity contribution in [2.75, 3.05) is 52.7 Å². The molecule has 6 nitrogen and oxygen atoms in total. The Bertz CT molecular complexity index is 241. The van der Waals surface area contributed by atoms with E-state index in [1.807, 2.05) is 4.90 Å². The summed E-state index contributed by atoms with van der Waals surface area (Å²) in [7, 11) is 0. The molecule has 100 valence electrons. The lowest BCUT2D eigenvalue weighted by Crippen LogP contribution is -2.45. The van der Waals surface area contributed by atoms with Gasteiger partial charge in [0.05, 0.1) is 39.6 Å². The van der Waals surface area contributed by atoms with Gasteiger partial charge in [-0.3, -0.25) is 4.99 Å². The lowest BCUT2D eigenvalue weighted by Gasteiger charge is -2.28. The second-order valence-corrected chi connectivity index (χ2v) is 3.87. The highest BCUT2D eigenvalue weighted by Gasteiger charge is 2.16. The van der Waals surface area contributed by atoms with Crippen LogP contribution in [0.25, 0.3) is 0 Å². The van der Waals surface area contributed by atoms with Gasteiger partial charge in [0.15, 0.2) is 5.96 Å². The first-order valence-corrected chi connectivity index (χ1v) is 5.68. The molecule has 2 aliphatic rings. The van der Waals surface area contributed by atoms with Crippen molar-refractivity contribution in [2.45, 2.75) is 6.10 Å². The molecular formula is C10H20IN3O3. The van der Waals surface area contributed by atoms with E-state index in [0.29, 0.717) is 32.3 Å². The van der Waals surface area contributed by atoms with Crippen LogP contribution in [0.4, 0.5) is 0 Å². The molecule has 2 fully saturated rings. The van der Waals surface area contributed by atoms with Gasteiger partial charge in [0.2, 0.25) is 0 Å². The highest BCUT2D eigenvalue weighted by molar-refractivity contribution is 14.0. The number of halogens is 1. The van der Waals surface area contributed by atoms with Gasteiger partial charge >= 0.3 is 0 Å². The molecule has 0 saturated carbocycles. The number of aliphatic imine (C=N–C) groups is 1. The fourth-order valence-electron chi connectivity index (χ4n) is 1.73. The molecule has 0 aliphatic carbocycles. The second-order valence-electron chi connectivity index (χ2n) is 3.87. The topological polar surface area (TPSA) is 69.3 Å². The number of hydrogen-bond donors (Lipinski definition) is 1. The van der Waals surface area contributed by atoms with Crippen molar-refractivity contribution in [1.82, 2.24) is 4.90 Å². The van der Waals surface area contributed by atoms with Crippen molar-refractivity contribution >= 4 is 29.9 Å². The molecule has 0 amide bonds. The quantitative estimate of drug-likeness (QED) is 0.416. The van der Waals surface area contributed by atoms with Crippen molar-refractivity contribution in [3.8, 4) is 0 Å². The summed E-state index contributed by atoms with van der Waals surface area (Å²) in [6.07, 6.45) is 0.0494. The molecule has 0 aromatic heterocycles. The zero-order valence-corrected chi connectivity index (χ0v) is 12.2. The largest absolute Gasteiger partial charge is 0.378 e. The van der Waals surface area contributed by atoms with E-state index in [2.05, 4.69) is 4.99 Å². The van der Waals surface area contributed by atoms with Gasteiger partial charge in [-0.1, -0.05) is 0 Å². The van der Waals surface area contributed by atoms with E-state index in [1.54, 1.807) is 0 Å². The third kappa shape index (κ3) is 4.94. The molecule has 2 rings (SSSR count). The summed E-state index contributed by atoms with van der Waals surface area (Å²) in [6, 6.07) is 0. The minimum Gasteiger partial charge on any atom is -0.378 e. The number of rotatable bonds is 2. The highest BCUT2D eigenvalue weighted by atomic mass is 127. The molecule has 1 unspecified atom stereocenters. The Morgan fingerprint density at radius 3 is 2.59 bits per heavy atom. The van der Waals surface area contributed by atoms with Crippen LogP contribution in [0.3, 0.4) is 0 Å². The maximum absolute atomic E-state index is 5.89. The lowest BCUT2D eigenvalue weighted by molar-refractivity contribution is -0.0833. The number of morpholine rings is 1. The Balaban J connectivity index is 0.00000144. The summed E-state index contributed by atoms with van der Waals surface area (Å²) < 4.78 is 16.0. The van der Waals surface area contributed by atoms with Gasteiger partial charge in [-0.25, -0.2) is 0 Å². The normalized spacial score (nSPS) is 26.5. The van der Waals surface area contributed by atoms with Gasteiger partial charge in [0.25, 0.3) is 0 Å². The minimum atomic E-state index is 0. The first kappa shape index (κ1) is 14.9. The third-order valence-corrected chi connectivity index (χ3v) is 2.68. The molecule has 1 atom stereocenters. The summed E-state index contributed by atoms with van der Waals surface area (Å²) >= 11 is 0. The van der Waals surface area contributed by atoms with Crippen molar-refractivity contribution < 1.29 is 14.2 Å². The van der Waals surface area contributed by atoms with Crippen molar-refractivity contribution in [3.05, 3.63) is 0 Å². The van der Waals surface area contributed by atoms with Crippen LogP contribution in [0.5, 0.6) is 0 Å². The van der Waals surface area contributed by atoms with Crippen molar-refractivity contribution in [3.63, 3.8) is 0 Å². The molecule has 2 heterocycles. The van der Waals surface area contributed by atoms with Gasteiger partial charge in [0.1, 0.15) is 6.10 Å². The number of nitrogens with zero attached hydrogens (tertiary/aromatic N) is 2. The van der Waals surface area contributed by atoms with Gasteiger partial charge in [-0.05, 0) is 0 Å². The van der Waals surface area contributed by atoms with Gasteiger partial charge in [0, 0.05) is 13.1 Å². The van der Waals surface area contributed by atoms with E-state index in [1.165, 1.54) is 0 Å². The Morgan fingerprint density at radius 2 is 1.94 bits per heavy atom. The van der Waals surface area contributed by atoms with Gasteiger partial charge in [-0.2, -0.15) is 0 Å². The average molecular weight is 357 g/mol. The third-order valence-electron chi connectivity index (χ3n) is 2.68. The lowest BCUT2D eigenvalue weighted by atomic mass is 10.3. The Hall–Kier alpha value is -0.120. The summed E-state index contributed by atoms with van der Waals surface area (Å²) in [5, 5.41) is 0. The van der Waals surface area contributed by atoms with Crippen LogP contribution in [0.1, 0.15) is 0 Å². The van der Waals surface area contributed by atoms with Crippen LogP contribution in [-0.2, 0) is 14.2 Å². The predicted molar refractivity (Wildman–Crippen MR) is 74.9 cm³/mol.